The van der Waals surface area contributed by atoms with Gasteiger partial charge in [0, 0.05) is 5.56 Å². The van der Waals surface area contributed by atoms with Crippen molar-refractivity contribution in [3.63, 3.8) is 0 Å². The number of nitrogens with zero attached hydrogens (tertiary/aromatic N) is 2. The summed E-state index contributed by atoms with van der Waals surface area (Å²) in [5.74, 6) is -1.93. The highest BCUT2D eigenvalue weighted by Gasteiger charge is 2.47. The van der Waals surface area contributed by atoms with Gasteiger partial charge in [-0.15, -0.1) is 0 Å². The van der Waals surface area contributed by atoms with Gasteiger partial charge in [-0.05, 0) is 42.3 Å². The molecule has 1 unspecified atom stereocenters. The minimum Gasteiger partial charge on any atom is -0.495 e. The highest BCUT2D eigenvalue weighted by Crippen LogP contribution is 2.50. The van der Waals surface area contributed by atoms with E-state index in [-0.39, 0.29) is 34.4 Å². The van der Waals surface area contributed by atoms with Crippen LogP contribution in [0, 0.1) is 5.82 Å². The topological polar surface area (TPSA) is 62.1 Å². The molecule has 0 fully saturated rings. The van der Waals surface area contributed by atoms with Crippen molar-refractivity contribution in [2.24, 2.45) is 4.99 Å². The van der Waals surface area contributed by atoms with Crippen molar-refractivity contribution in [1.29, 1.82) is 0 Å². The van der Waals surface area contributed by atoms with Crippen LogP contribution < -0.4 is 9.64 Å². The van der Waals surface area contributed by atoms with Crippen LogP contribution in [0.2, 0.25) is 0 Å². The van der Waals surface area contributed by atoms with Crippen LogP contribution in [0.1, 0.15) is 30.9 Å². The molecule has 0 aliphatic carbocycles. The average molecular weight is 445 g/mol. The number of aliphatic carboxylic acids is 1. The van der Waals surface area contributed by atoms with E-state index in [9.17, 15) is 27.5 Å². The van der Waals surface area contributed by atoms with E-state index in [2.05, 4.69) is 4.99 Å². The van der Waals surface area contributed by atoms with Crippen molar-refractivity contribution >= 4 is 34.2 Å². The number of rotatable bonds is 5. The molecule has 0 aromatic heterocycles. The largest absolute Gasteiger partial charge is 0.495 e. The number of methoxy groups -OCH3 is 1. The molecule has 3 rings (SSSR count). The first kappa shape index (κ1) is 21.9. The van der Waals surface area contributed by atoms with Gasteiger partial charge in [-0.25, -0.2) is 9.38 Å². The molecule has 0 bridgehead atoms. The van der Waals surface area contributed by atoms with E-state index in [1.165, 1.54) is 24.1 Å². The lowest BCUT2D eigenvalue weighted by Crippen LogP contribution is -2.51. The predicted molar refractivity (Wildman–Crippen MR) is 104 cm³/mol. The Hall–Kier alpha value is -2.81. The second-order valence-corrected chi connectivity index (χ2v) is 7.03. The van der Waals surface area contributed by atoms with Gasteiger partial charge < -0.3 is 14.7 Å². The fraction of sp³-hybridized carbons (Fsp3) is 0.300. The van der Waals surface area contributed by atoms with Crippen molar-refractivity contribution in [3.05, 3.63) is 53.3 Å². The summed E-state index contributed by atoms with van der Waals surface area (Å²) in [6.45, 7) is 1.64. The predicted octanol–water partition coefficient (Wildman–Crippen LogP) is 5.68. The van der Waals surface area contributed by atoms with Crippen LogP contribution in [0.15, 0.2) is 41.4 Å². The Morgan fingerprint density at radius 3 is 2.57 bits per heavy atom. The van der Waals surface area contributed by atoms with Crippen LogP contribution >= 0.6 is 11.6 Å². The number of carboxylic acid groups (broad SMARTS) is 1. The van der Waals surface area contributed by atoms with E-state index in [4.69, 9.17) is 16.3 Å². The van der Waals surface area contributed by atoms with Crippen LogP contribution in [-0.2, 0) is 16.5 Å². The van der Waals surface area contributed by atoms with Crippen LogP contribution in [0.4, 0.5) is 28.9 Å². The van der Waals surface area contributed by atoms with E-state index >= 15 is 0 Å². The monoisotopic (exact) mass is 444 g/mol. The Kier molecular flexibility index (Phi) is 5.68. The number of ether oxygens (including phenoxy) is 1. The first-order valence-electron chi connectivity index (χ1n) is 8.85. The second-order valence-electron chi connectivity index (χ2n) is 6.69. The standard InChI is InChI=1S/C20H17ClF4N2O3/c1-3-19(10-16(28)29)12-5-4-6-13(22)17(12)26-18(21)27(19)14-9-11(20(23,24)25)7-8-15(14)30-2/h4-9H,3,10H2,1-2H3,(H,28,29). The van der Waals surface area contributed by atoms with Gasteiger partial charge in [-0.3, -0.25) is 4.79 Å². The van der Waals surface area contributed by atoms with Gasteiger partial charge >= 0.3 is 12.1 Å². The molecule has 1 heterocycles. The molecule has 5 nitrogen and oxygen atoms in total. The lowest BCUT2D eigenvalue weighted by atomic mass is 9.80. The van der Waals surface area contributed by atoms with Gasteiger partial charge in [-0.1, -0.05) is 19.1 Å². The summed E-state index contributed by atoms with van der Waals surface area (Å²) in [5, 5.41) is 9.24. The number of halogens is 5. The Balaban J connectivity index is 2.37. The number of carbonyl (C=O) groups is 1. The summed E-state index contributed by atoms with van der Waals surface area (Å²) < 4.78 is 59.8. The number of hydrogen-bond acceptors (Lipinski definition) is 4. The lowest BCUT2D eigenvalue weighted by Gasteiger charge is -2.46. The summed E-state index contributed by atoms with van der Waals surface area (Å²) >= 11 is 6.34. The maximum Gasteiger partial charge on any atom is 0.416 e. The number of amidine groups is 1. The summed E-state index contributed by atoms with van der Waals surface area (Å²) in [5.41, 5.74) is -2.55. The van der Waals surface area contributed by atoms with Crippen LogP contribution in [0.3, 0.4) is 0 Å². The van der Waals surface area contributed by atoms with Gasteiger partial charge in [0.2, 0.25) is 5.29 Å². The number of aliphatic imine (C=N–C) groups is 1. The first-order valence-corrected chi connectivity index (χ1v) is 9.23. The van der Waals surface area contributed by atoms with Gasteiger partial charge in [0.1, 0.15) is 17.3 Å². The Bertz CT molecular complexity index is 1030. The Labute approximate surface area is 174 Å². The van der Waals surface area contributed by atoms with Crippen molar-refractivity contribution in [2.45, 2.75) is 31.5 Å². The number of benzene rings is 2. The fourth-order valence-electron chi connectivity index (χ4n) is 3.71. The highest BCUT2D eigenvalue weighted by atomic mass is 35.5. The van der Waals surface area contributed by atoms with E-state index in [1.54, 1.807) is 6.92 Å². The van der Waals surface area contributed by atoms with Crippen molar-refractivity contribution in [1.82, 2.24) is 0 Å². The molecule has 1 N–H and O–H groups in total. The van der Waals surface area contributed by atoms with Crippen molar-refractivity contribution in [3.8, 4) is 5.75 Å². The van der Waals surface area contributed by atoms with E-state index in [0.29, 0.717) is 0 Å². The third kappa shape index (κ3) is 3.58. The molecule has 2 aromatic rings. The third-order valence-electron chi connectivity index (χ3n) is 5.08. The molecule has 1 aliphatic heterocycles. The SMILES string of the molecule is CCC1(CC(=O)O)c2cccc(F)c2N=C(Cl)N1c1cc(C(F)(F)F)ccc1OC. The zero-order chi connectivity index (χ0) is 22.3. The second kappa shape index (κ2) is 7.79. The van der Waals surface area contributed by atoms with Crippen LogP contribution in [0.5, 0.6) is 5.75 Å². The van der Waals surface area contributed by atoms with Crippen LogP contribution in [-0.4, -0.2) is 23.5 Å². The quantitative estimate of drug-likeness (QED) is 0.476. The van der Waals surface area contributed by atoms with Crippen LogP contribution in [0.25, 0.3) is 0 Å². The van der Waals surface area contributed by atoms with Crippen molar-refractivity contribution in [2.75, 3.05) is 12.0 Å². The molecule has 1 aliphatic rings. The molecule has 160 valence electrons. The number of hydrogen-bond donors (Lipinski definition) is 1. The summed E-state index contributed by atoms with van der Waals surface area (Å²) in [6, 6.07) is 6.79. The molecule has 0 radical (unpaired) electrons. The smallest absolute Gasteiger partial charge is 0.416 e. The summed E-state index contributed by atoms with van der Waals surface area (Å²) in [7, 11) is 1.26. The van der Waals surface area contributed by atoms with E-state index < -0.39 is 35.5 Å². The molecule has 30 heavy (non-hydrogen) atoms. The average Bonchev–Trinajstić information content (AvgIpc) is 2.67. The molecule has 2 aromatic carbocycles. The van der Waals surface area contributed by atoms with E-state index in [0.717, 1.165) is 24.3 Å². The lowest BCUT2D eigenvalue weighted by molar-refractivity contribution is -0.139. The van der Waals surface area contributed by atoms with Gasteiger partial charge in [0.25, 0.3) is 0 Å². The fourth-order valence-corrected chi connectivity index (χ4v) is 4.05. The zero-order valence-electron chi connectivity index (χ0n) is 15.9. The third-order valence-corrected chi connectivity index (χ3v) is 5.33. The molecule has 0 amide bonds. The summed E-state index contributed by atoms with van der Waals surface area (Å²) in [4.78, 5) is 17.0. The van der Waals surface area contributed by atoms with Crippen molar-refractivity contribution < 1.29 is 32.2 Å². The summed E-state index contributed by atoms with van der Waals surface area (Å²) in [6.07, 6.45) is -5.14. The maximum absolute atomic E-state index is 14.5. The number of para-hydroxylation sites is 1. The number of anilines is 1. The van der Waals surface area contributed by atoms with Gasteiger partial charge in [0.05, 0.1) is 30.3 Å². The molecule has 0 saturated carbocycles. The highest BCUT2D eigenvalue weighted by molar-refractivity contribution is 6.68. The number of carboxylic acids is 1. The van der Waals surface area contributed by atoms with E-state index in [1.807, 2.05) is 0 Å². The van der Waals surface area contributed by atoms with Gasteiger partial charge in [0.15, 0.2) is 0 Å². The molecular formula is C20H17ClF4N2O3. The molecular weight excluding hydrogens is 428 g/mol. The maximum atomic E-state index is 14.5. The minimum absolute atomic E-state index is 0.0272. The number of alkyl halides is 3. The Morgan fingerprint density at radius 1 is 1.30 bits per heavy atom. The molecule has 0 spiro atoms. The normalized spacial score (nSPS) is 18.6. The molecule has 0 saturated heterocycles. The first-order chi connectivity index (χ1) is 14.0. The minimum atomic E-state index is -4.66. The number of fused-ring (bicyclic) bond motifs is 1. The zero-order valence-corrected chi connectivity index (χ0v) is 16.7. The molecule has 10 heteroatoms. The molecule has 1 atom stereocenters. The van der Waals surface area contributed by atoms with Gasteiger partial charge in [-0.2, -0.15) is 13.2 Å². The Morgan fingerprint density at radius 2 is 2.00 bits per heavy atom.